The van der Waals surface area contributed by atoms with Crippen LogP contribution in [0.3, 0.4) is 0 Å². The van der Waals surface area contributed by atoms with E-state index in [0.29, 0.717) is 6.04 Å². The normalized spacial score (nSPS) is 18.5. The molecule has 0 spiro atoms. The summed E-state index contributed by atoms with van der Waals surface area (Å²) in [6, 6.07) is 0.623. The Labute approximate surface area is 101 Å². The van der Waals surface area contributed by atoms with Crippen LogP contribution < -0.4 is 5.32 Å². The molecule has 0 aromatic carbocycles. The lowest BCUT2D eigenvalue weighted by molar-refractivity contribution is 0.184. The number of piperidine rings is 1. The van der Waals surface area contributed by atoms with Gasteiger partial charge in [0.15, 0.2) is 0 Å². The Kier molecular flexibility index (Phi) is 6.52. The van der Waals surface area contributed by atoms with Crippen molar-refractivity contribution >= 4 is 0 Å². The molecule has 1 heterocycles. The second-order valence-corrected chi connectivity index (χ2v) is 5.02. The van der Waals surface area contributed by atoms with Crippen LogP contribution in [0.2, 0.25) is 0 Å². The largest absolute Gasteiger partial charge is 0.314 e. The first-order valence-corrected chi connectivity index (χ1v) is 6.57. The number of nitrogens with one attached hydrogen (secondary N) is 1. The van der Waals surface area contributed by atoms with E-state index >= 15 is 0 Å². The minimum absolute atomic E-state index is 0.623. The summed E-state index contributed by atoms with van der Waals surface area (Å²) in [6.07, 6.45) is 3.73. The summed E-state index contributed by atoms with van der Waals surface area (Å²) in [5.74, 6) is 6.99. The monoisotopic (exact) mass is 222 g/mol. The first-order valence-electron chi connectivity index (χ1n) is 6.57. The second-order valence-electron chi connectivity index (χ2n) is 5.02. The highest BCUT2D eigenvalue weighted by atomic mass is 15.1. The Morgan fingerprint density at radius 1 is 1.31 bits per heavy atom. The molecule has 0 unspecified atom stereocenters. The van der Waals surface area contributed by atoms with E-state index in [0.717, 1.165) is 18.9 Å². The van der Waals surface area contributed by atoms with E-state index in [1.807, 2.05) is 6.92 Å². The average Bonchev–Trinajstić information content (AvgIpc) is 2.28. The minimum atomic E-state index is 0.623. The molecule has 1 aliphatic heterocycles. The summed E-state index contributed by atoms with van der Waals surface area (Å²) >= 11 is 0. The highest BCUT2D eigenvalue weighted by molar-refractivity contribution is 4.95. The van der Waals surface area contributed by atoms with Gasteiger partial charge in [-0.25, -0.2) is 0 Å². The summed E-state index contributed by atoms with van der Waals surface area (Å²) in [5.41, 5.74) is 0. The molecule has 1 N–H and O–H groups in total. The van der Waals surface area contributed by atoms with Crippen LogP contribution in [0.25, 0.3) is 0 Å². The van der Waals surface area contributed by atoms with Gasteiger partial charge < -0.3 is 10.2 Å². The summed E-state index contributed by atoms with van der Waals surface area (Å²) in [6.45, 7) is 11.2. The lowest BCUT2D eigenvalue weighted by atomic mass is 9.96. The first-order chi connectivity index (χ1) is 7.72. The maximum absolute atomic E-state index is 3.54. The van der Waals surface area contributed by atoms with Gasteiger partial charge in [0, 0.05) is 19.0 Å². The number of likely N-dealkylation sites (tertiary alicyclic amines) is 1. The molecular formula is C14H26N2. The van der Waals surface area contributed by atoms with Crippen LogP contribution in [0, 0.1) is 17.8 Å². The zero-order chi connectivity index (χ0) is 11.8. The van der Waals surface area contributed by atoms with Crippen molar-refractivity contribution in [3.8, 4) is 11.8 Å². The van der Waals surface area contributed by atoms with Crippen molar-refractivity contribution in [1.29, 1.82) is 0 Å². The number of nitrogens with zero attached hydrogens (tertiary/aromatic N) is 1. The highest BCUT2D eigenvalue weighted by Crippen LogP contribution is 2.16. The van der Waals surface area contributed by atoms with E-state index < -0.39 is 0 Å². The van der Waals surface area contributed by atoms with E-state index in [1.165, 1.54) is 32.5 Å². The van der Waals surface area contributed by atoms with Gasteiger partial charge in [-0.05, 0) is 45.3 Å². The molecule has 1 fully saturated rings. The van der Waals surface area contributed by atoms with E-state index in [-0.39, 0.29) is 0 Å². The van der Waals surface area contributed by atoms with Crippen molar-refractivity contribution in [2.24, 2.45) is 5.92 Å². The third-order valence-corrected chi connectivity index (χ3v) is 3.25. The van der Waals surface area contributed by atoms with Crippen molar-refractivity contribution in [3.05, 3.63) is 0 Å². The van der Waals surface area contributed by atoms with E-state index in [9.17, 15) is 0 Å². The molecule has 0 radical (unpaired) electrons. The molecule has 0 amide bonds. The molecule has 1 saturated heterocycles. The predicted octanol–water partition coefficient (Wildman–Crippen LogP) is 2.11. The fourth-order valence-electron chi connectivity index (χ4n) is 2.16. The van der Waals surface area contributed by atoms with Crippen LogP contribution in [0.1, 0.15) is 40.0 Å². The third kappa shape index (κ3) is 5.53. The number of rotatable bonds is 5. The molecule has 92 valence electrons. The van der Waals surface area contributed by atoms with E-state index in [2.05, 4.69) is 35.9 Å². The molecule has 0 bridgehead atoms. The Hall–Kier alpha value is -0.520. The molecule has 1 aliphatic rings. The summed E-state index contributed by atoms with van der Waals surface area (Å²) < 4.78 is 0. The Morgan fingerprint density at radius 3 is 2.56 bits per heavy atom. The molecule has 0 aromatic rings. The average molecular weight is 222 g/mol. The van der Waals surface area contributed by atoms with Crippen LogP contribution in [0.15, 0.2) is 0 Å². The maximum atomic E-state index is 3.54. The van der Waals surface area contributed by atoms with Gasteiger partial charge in [-0.15, -0.1) is 11.8 Å². The molecule has 16 heavy (non-hydrogen) atoms. The molecular weight excluding hydrogens is 196 g/mol. The smallest absolute Gasteiger partial charge is 0.0216 e. The molecule has 0 aliphatic carbocycles. The summed E-state index contributed by atoms with van der Waals surface area (Å²) in [7, 11) is 0. The molecule has 2 heteroatoms. The van der Waals surface area contributed by atoms with Crippen molar-refractivity contribution in [1.82, 2.24) is 10.2 Å². The number of hydrogen-bond donors (Lipinski definition) is 1. The Morgan fingerprint density at radius 2 is 2.00 bits per heavy atom. The quantitative estimate of drug-likeness (QED) is 0.717. The fourth-order valence-corrected chi connectivity index (χ4v) is 2.16. The van der Waals surface area contributed by atoms with Crippen molar-refractivity contribution in [3.63, 3.8) is 0 Å². The van der Waals surface area contributed by atoms with Gasteiger partial charge in [-0.2, -0.15) is 0 Å². The minimum Gasteiger partial charge on any atom is -0.314 e. The van der Waals surface area contributed by atoms with Crippen LogP contribution >= 0.6 is 0 Å². The Balaban J connectivity index is 2.10. The van der Waals surface area contributed by atoms with Gasteiger partial charge >= 0.3 is 0 Å². The number of hydrogen-bond acceptors (Lipinski definition) is 2. The lowest BCUT2D eigenvalue weighted by Gasteiger charge is -2.32. The van der Waals surface area contributed by atoms with Crippen LogP contribution in [0.5, 0.6) is 0 Å². The van der Waals surface area contributed by atoms with Crippen molar-refractivity contribution in [2.45, 2.75) is 46.1 Å². The lowest BCUT2D eigenvalue weighted by Crippen LogP contribution is -2.38. The zero-order valence-corrected chi connectivity index (χ0v) is 11.1. The molecule has 1 rings (SSSR count). The van der Waals surface area contributed by atoms with Gasteiger partial charge in [-0.3, -0.25) is 0 Å². The molecule has 0 aromatic heterocycles. The highest BCUT2D eigenvalue weighted by Gasteiger charge is 2.18. The summed E-state index contributed by atoms with van der Waals surface area (Å²) in [5, 5.41) is 3.54. The van der Waals surface area contributed by atoms with E-state index in [4.69, 9.17) is 0 Å². The third-order valence-electron chi connectivity index (χ3n) is 3.25. The first kappa shape index (κ1) is 13.5. The second kappa shape index (κ2) is 7.70. The van der Waals surface area contributed by atoms with Crippen molar-refractivity contribution in [2.75, 3.05) is 26.2 Å². The standard InChI is InChI=1S/C14H26N2/c1-4-5-6-9-16-10-7-14(8-11-16)12-15-13(2)3/h13-15H,6-12H2,1-3H3. The Bertz CT molecular complexity index is 229. The van der Waals surface area contributed by atoms with Gasteiger partial charge in [0.25, 0.3) is 0 Å². The fraction of sp³-hybridized carbons (Fsp3) is 0.857. The van der Waals surface area contributed by atoms with Gasteiger partial charge in [0.2, 0.25) is 0 Å². The van der Waals surface area contributed by atoms with Gasteiger partial charge in [0.05, 0.1) is 0 Å². The van der Waals surface area contributed by atoms with Crippen LogP contribution in [0.4, 0.5) is 0 Å². The molecule has 2 nitrogen and oxygen atoms in total. The van der Waals surface area contributed by atoms with Crippen LogP contribution in [-0.4, -0.2) is 37.1 Å². The molecule has 0 atom stereocenters. The maximum Gasteiger partial charge on any atom is 0.0216 e. The van der Waals surface area contributed by atoms with E-state index in [1.54, 1.807) is 0 Å². The van der Waals surface area contributed by atoms with Crippen LogP contribution in [-0.2, 0) is 0 Å². The topological polar surface area (TPSA) is 15.3 Å². The predicted molar refractivity (Wildman–Crippen MR) is 70.4 cm³/mol. The molecule has 0 saturated carbocycles. The zero-order valence-electron chi connectivity index (χ0n) is 11.1. The SMILES string of the molecule is CC#CCCN1CCC(CNC(C)C)CC1. The summed E-state index contributed by atoms with van der Waals surface area (Å²) in [4.78, 5) is 2.55. The van der Waals surface area contributed by atoms with Gasteiger partial charge in [0.1, 0.15) is 0 Å². The van der Waals surface area contributed by atoms with Crippen molar-refractivity contribution < 1.29 is 0 Å². The van der Waals surface area contributed by atoms with Gasteiger partial charge in [-0.1, -0.05) is 13.8 Å².